The van der Waals surface area contributed by atoms with E-state index in [0.29, 0.717) is 40.3 Å². The molecular formula is C25H27N5O4S. The van der Waals surface area contributed by atoms with Gasteiger partial charge in [0.2, 0.25) is 0 Å². The van der Waals surface area contributed by atoms with Gasteiger partial charge in [0, 0.05) is 18.0 Å². The molecule has 2 amide bonds. The summed E-state index contributed by atoms with van der Waals surface area (Å²) in [5.74, 6) is 1.28. The maximum atomic E-state index is 12.4. The molecular weight excluding hydrogens is 466 g/mol. The fraction of sp³-hybridized carbons (Fsp3) is 0.280. The van der Waals surface area contributed by atoms with Crippen LogP contribution in [0.5, 0.6) is 5.75 Å². The van der Waals surface area contributed by atoms with Gasteiger partial charge in [-0.15, -0.1) is 10.2 Å². The monoisotopic (exact) mass is 493 g/mol. The molecule has 0 saturated heterocycles. The van der Waals surface area contributed by atoms with E-state index in [9.17, 15) is 9.59 Å². The van der Waals surface area contributed by atoms with Gasteiger partial charge in [0.05, 0.1) is 31.4 Å². The van der Waals surface area contributed by atoms with Crippen LogP contribution in [-0.2, 0) is 22.5 Å². The lowest BCUT2D eigenvalue weighted by Crippen LogP contribution is -2.44. The largest absolute Gasteiger partial charge is 0.496 e. The maximum Gasteiger partial charge on any atom is 0.337 e. The van der Waals surface area contributed by atoms with Crippen LogP contribution in [-0.4, -0.2) is 52.8 Å². The van der Waals surface area contributed by atoms with E-state index < -0.39 is 5.97 Å². The molecule has 3 aromatic rings. The van der Waals surface area contributed by atoms with Crippen LogP contribution >= 0.6 is 11.8 Å². The van der Waals surface area contributed by atoms with Gasteiger partial charge in [-0.2, -0.15) is 0 Å². The molecule has 182 valence electrons. The lowest BCUT2D eigenvalue weighted by molar-refractivity contribution is -0.138. The van der Waals surface area contributed by atoms with E-state index in [0.717, 1.165) is 12.0 Å². The Hall–Kier alpha value is -3.79. The number of aryl methyl sites for hydroxylation is 1. The topological polar surface area (TPSA) is 107 Å². The third kappa shape index (κ3) is 5.83. The Morgan fingerprint density at radius 1 is 1.11 bits per heavy atom. The number of nitrogens with zero attached hydrogens (tertiary/aromatic N) is 3. The number of nitrogens with one attached hydrogen (secondary N) is 2. The first kappa shape index (κ1) is 24.3. The van der Waals surface area contributed by atoms with E-state index in [1.165, 1.54) is 17.3 Å². The second-order valence-electron chi connectivity index (χ2n) is 7.67. The normalized spacial score (nSPS) is 13.3. The average molecular weight is 494 g/mol. The standard InChI is InChI=1S/C25H27N5O4S/c1-3-34-23(31)19-15-26-24(32)27-20(19)16-35-25-29-28-22(18-11-7-8-12-21(18)33-2)30(25)14-13-17-9-5-4-6-10-17/h4-12H,3,13-16H2,1-2H3,(H2,26,27,32). The molecule has 1 aliphatic heterocycles. The van der Waals surface area contributed by atoms with Crippen molar-refractivity contribution in [2.75, 3.05) is 26.0 Å². The van der Waals surface area contributed by atoms with Crippen molar-refractivity contribution in [1.82, 2.24) is 25.4 Å². The molecule has 0 saturated carbocycles. The zero-order valence-electron chi connectivity index (χ0n) is 19.6. The molecule has 2 heterocycles. The van der Waals surface area contributed by atoms with Crippen molar-refractivity contribution >= 4 is 23.8 Å². The first-order valence-corrected chi connectivity index (χ1v) is 12.3. The van der Waals surface area contributed by atoms with E-state index in [1.807, 2.05) is 47.0 Å². The summed E-state index contributed by atoms with van der Waals surface area (Å²) in [4.78, 5) is 24.3. The molecule has 0 atom stereocenters. The number of carbonyl (C=O) groups excluding carboxylic acids is 2. The molecule has 0 unspecified atom stereocenters. The predicted molar refractivity (Wildman–Crippen MR) is 133 cm³/mol. The minimum Gasteiger partial charge on any atom is -0.496 e. The van der Waals surface area contributed by atoms with E-state index in [4.69, 9.17) is 9.47 Å². The summed E-state index contributed by atoms with van der Waals surface area (Å²) < 4.78 is 12.8. The van der Waals surface area contributed by atoms with Crippen molar-refractivity contribution < 1.29 is 19.1 Å². The predicted octanol–water partition coefficient (Wildman–Crippen LogP) is 3.42. The van der Waals surface area contributed by atoms with Crippen LogP contribution in [0.4, 0.5) is 4.79 Å². The second-order valence-corrected chi connectivity index (χ2v) is 8.61. The number of para-hydroxylation sites is 1. The van der Waals surface area contributed by atoms with Crippen LogP contribution in [0.2, 0.25) is 0 Å². The molecule has 0 radical (unpaired) electrons. The van der Waals surface area contributed by atoms with Crippen molar-refractivity contribution in [3.63, 3.8) is 0 Å². The van der Waals surface area contributed by atoms with Gasteiger partial charge in [-0.25, -0.2) is 9.59 Å². The van der Waals surface area contributed by atoms with Crippen LogP contribution in [0.15, 0.2) is 71.0 Å². The highest BCUT2D eigenvalue weighted by molar-refractivity contribution is 7.99. The third-order valence-corrected chi connectivity index (χ3v) is 6.45. The van der Waals surface area contributed by atoms with Gasteiger partial charge in [0.1, 0.15) is 5.75 Å². The Labute approximate surface area is 207 Å². The van der Waals surface area contributed by atoms with Crippen LogP contribution in [0.1, 0.15) is 12.5 Å². The van der Waals surface area contributed by atoms with Gasteiger partial charge in [-0.05, 0) is 31.0 Å². The number of methoxy groups -OCH3 is 1. The van der Waals surface area contributed by atoms with Gasteiger partial charge in [0.25, 0.3) is 0 Å². The van der Waals surface area contributed by atoms with E-state index >= 15 is 0 Å². The third-order valence-electron chi connectivity index (χ3n) is 5.45. The smallest absolute Gasteiger partial charge is 0.337 e. The minimum absolute atomic E-state index is 0.119. The van der Waals surface area contributed by atoms with Gasteiger partial charge < -0.3 is 24.7 Å². The lowest BCUT2D eigenvalue weighted by Gasteiger charge is -2.21. The molecule has 35 heavy (non-hydrogen) atoms. The first-order chi connectivity index (χ1) is 17.1. The van der Waals surface area contributed by atoms with E-state index in [1.54, 1.807) is 14.0 Å². The number of urea groups is 1. The molecule has 1 aromatic heterocycles. The fourth-order valence-electron chi connectivity index (χ4n) is 3.72. The molecule has 9 nitrogen and oxygen atoms in total. The number of thioether (sulfide) groups is 1. The Balaban J connectivity index is 1.64. The maximum absolute atomic E-state index is 12.4. The summed E-state index contributed by atoms with van der Waals surface area (Å²) in [5.41, 5.74) is 2.94. The number of ether oxygens (including phenoxy) is 2. The van der Waals surface area contributed by atoms with Crippen LogP contribution in [0.25, 0.3) is 11.4 Å². The Bertz CT molecular complexity index is 1230. The Kier molecular flexibility index (Phi) is 8.04. The van der Waals surface area contributed by atoms with Crippen LogP contribution in [0.3, 0.4) is 0 Å². The molecule has 0 aliphatic carbocycles. The molecule has 0 fully saturated rings. The summed E-state index contributed by atoms with van der Waals surface area (Å²) in [6.07, 6.45) is 0.784. The Morgan fingerprint density at radius 2 is 1.89 bits per heavy atom. The zero-order valence-corrected chi connectivity index (χ0v) is 20.4. The van der Waals surface area contributed by atoms with Crippen molar-refractivity contribution in [2.45, 2.75) is 25.0 Å². The summed E-state index contributed by atoms with van der Waals surface area (Å²) in [6, 6.07) is 17.5. The number of benzene rings is 2. The summed E-state index contributed by atoms with van der Waals surface area (Å²) in [5, 5.41) is 15.0. The summed E-state index contributed by atoms with van der Waals surface area (Å²) in [7, 11) is 1.63. The van der Waals surface area contributed by atoms with Gasteiger partial charge in [-0.3, -0.25) is 0 Å². The van der Waals surface area contributed by atoms with Crippen LogP contribution < -0.4 is 15.4 Å². The second kappa shape index (κ2) is 11.6. The number of aromatic nitrogens is 3. The van der Waals surface area contributed by atoms with Crippen LogP contribution in [0, 0.1) is 0 Å². The van der Waals surface area contributed by atoms with Gasteiger partial charge in [-0.1, -0.05) is 54.2 Å². The number of hydrogen-bond donors (Lipinski definition) is 2. The quantitative estimate of drug-likeness (QED) is 0.329. The zero-order chi connectivity index (χ0) is 24.6. The molecule has 10 heteroatoms. The molecule has 0 spiro atoms. The molecule has 1 aliphatic rings. The van der Waals surface area contributed by atoms with Crippen molar-refractivity contribution in [2.24, 2.45) is 0 Å². The number of rotatable bonds is 10. The highest BCUT2D eigenvalue weighted by atomic mass is 32.2. The van der Waals surface area contributed by atoms with Gasteiger partial charge >= 0.3 is 12.0 Å². The number of hydrogen-bond acceptors (Lipinski definition) is 7. The fourth-order valence-corrected chi connectivity index (χ4v) is 4.67. The van der Waals surface area contributed by atoms with Crippen molar-refractivity contribution in [3.05, 3.63) is 71.4 Å². The van der Waals surface area contributed by atoms with E-state index in [2.05, 4.69) is 33.0 Å². The number of amides is 2. The van der Waals surface area contributed by atoms with Gasteiger partial charge in [0.15, 0.2) is 11.0 Å². The van der Waals surface area contributed by atoms with Crippen molar-refractivity contribution in [3.8, 4) is 17.1 Å². The summed E-state index contributed by atoms with van der Waals surface area (Å²) in [6.45, 7) is 2.77. The molecule has 4 rings (SSSR count). The Morgan fingerprint density at radius 3 is 2.66 bits per heavy atom. The summed E-state index contributed by atoms with van der Waals surface area (Å²) >= 11 is 1.40. The average Bonchev–Trinajstić information content (AvgIpc) is 3.29. The number of carbonyl (C=O) groups is 2. The lowest BCUT2D eigenvalue weighted by atomic mass is 10.1. The number of esters is 1. The highest BCUT2D eigenvalue weighted by Gasteiger charge is 2.25. The van der Waals surface area contributed by atoms with E-state index in [-0.39, 0.29) is 19.2 Å². The SMILES string of the molecule is CCOC(=O)C1=C(CSc2nnc(-c3ccccc3OC)n2CCc2ccccc2)NC(=O)NC1. The molecule has 2 aromatic carbocycles. The van der Waals surface area contributed by atoms with Crippen molar-refractivity contribution in [1.29, 1.82) is 0 Å². The molecule has 2 N–H and O–H groups in total. The minimum atomic E-state index is -0.448. The highest BCUT2D eigenvalue weighted by Crippen LogP contribution is 2.31. The first-order valence-electron chi connectivity index (χ1n) is 11.3. The molecule has 0 bridgehead atoms.